The molecule has 10 nitrogen and oxygen atoms in total. The largest absolute Gasteiger partial charge is 0.331 e. The number of amides is 2. The molecule has 0 saturated heterocycles. The Balaban J connectivity index is 1.52. The molecular weight excluding hydrogens is 492 g/mol. The minimum Gasteiger partial charge on any atom is -0.331 e. The molecule has 0 spiro atoms. The number of pyridine rings is 1. The highest BCUT2D eigenvalue weighted by molar-refractivity contribution is 5.77. The normalized spacial score (nSPS) is 13.6. The van der Waals surface area contributed by atoms with Gasteiger partial charge >= 0.3 is 6.03 Å². The van der Waals surface area contributed by atoms with Crippen molar-refractivity contribution >= 4 is 28.7 Å². The Morgan fingerprint density at radius 3 is 2.54 bits per heavy atom. The second-order valence-electron chi connectivity index (χ2n) is 11.6. The maximum atomic E-state index is 13.4. The summed E-state index contributed by atoms with van der Waals surface area (Å²) in [7, 11) is 3.55. The fourth-order valence-electron chi connectivity index (χ4n) is 4.94. The van der Waals surface area contributed by atoms with Crippen molar-refractivity contribution in [1.82, 2.24) is 34.1 Å². The van der Waals surface area contributed by atoms with Crippen LogP contribution in [0.1, 0.15) is 57.5 Å². The smallest absolute Gasteiger partial charge is 0.319 e. The van der Waals surface area contributed by atoms with Crippen molar-refractivity contribution in [2.75, 3.05) is 26.0 Å². The van der Waals surface area contributed by atoms with Crippen molar-refractivity contribution in [1.29, 1.82) is 0 Å². The highest BCUT2D eigenvalue weighted by atomic mass is 16.2. The lowest BCUT2D eigenvalue weighted by molar-refractivity contribution is 0.165. The van der Waals surface area contributed by atoms with Gasteiger partial charge in [-0.05, 0) is 55.7 Å². The summed E-state index contributed by atoms with van der Waals surface area (Å²) in [6, 6.07) is 9.95. The predicted molar refractivity (Wildman–Crippen MR) is 153 cm³/mol. The number of rotatable bonds is 4. The molecule has 39 heavy (non-hydrogen) atoms. The number of hydrogen-bond donors (Lipinski definition) is 1. The molecule has 10 heteroatoms. The van der Waals surface area contributed by atoms with Gasteiger partial charge in [0.15, 0.2) is 5.65 Å². The van der Waals surface area contributed by atoms with Crippen LogP contribution in [0.3, 0.4) is 0 Å². The van der Waals surface area contributed by atoms with Crippen molar-refractivity contribution in [2.24, 2.45) is 0 Å². The third-order valence-electron chi connectivity index (χ3n) is 7.00. The molecule has 2 amide bonds. The molecule has 0 fully saturated rings. The number of nitrogens with zero attached hydrogens (tertiary/aromatic N) is 7. The average molecular weight is 529 g/mol. The zero-order chi connectivity index (χ0) is 28.1. The molecule has 0 atom stereocenters. The van der Waals surface area contributed by atoms with Gasteiger partial charge < -0.3 is 15.1 Å². The average Bonchev–Trinajstić information content (AvgIpc) is 3.19. The molecule has 1 aliphatic heterocycles. The van der Waals surface area contributed by atoms with E-state index in [9.17, 15) is 9.59 Å². The Labute approximate surface area is 228 Å². The molecular formula is C29H36N8O2. The van der Waals surface area contributed by atoms with E-state index < -0.39 is 0 Å². The lowest BCUT2D eigenvalue weighted by atomic mass is 9.91. The number of nitrogens with one attached hydrogen (secondary N) is 1. The van der Waals surface area contributed by atoms with Gasteiger partial charge in [0.05, 0.1) is 5.69 Å². The number of carbonyl (C=O) groups excluding carboxylic acids is 1. The molecule has 0 unspecified atom stereocenters. The predicted octanol–water partition coefficient (Wildman–Crippen LogP) is 4.64. The number of carbonyl (C=O) groups is 1. The lowest BCUT2D eigenvalue weighted by Crippen LogP contribution is -2.42. The van der Waals surface area contributed by atoms with Gasteiger partial charge in [-0.25, -0.2) is 19.1 Å². The van der Waals surface area contributed by atoms with Crippen LogP contribution in [-0.2, 0) is 18.4 Å². The van der Waals surface area contributed by atoms with Crippen LogP contribution >= 0.6 is 0 Å². The van der Waals surface area contributed by atoms with E-state index >= 15 is 0 Å². The number of hydrogen-bond acceptors (Lipinski definition) is 6. The van der Waals surface area contributed by atoms with Crippen LogP contribution in [0.15, 0.2) is 47.5 Å². The molecule has 4 heterocycles. The zero-order valence-corrected chi connectivity index (χ0v) is 23.7. The van der Waals surface area contributed by atoms with Crippen molar-refractivity contribution in [3.05, 3.63) is 69.9 Å². The van der Waals surface area contributed by atoms with Crippen molar-refractivity contribution in [2.45, 2.75) is 59.0 Å². The van der Waals surface area contributed by atoms with Crippen molar-refractivity contribution in [3.63, 3.8) is 0 Å². The maximum Gasteiger partial charge on any atom is 0.319 e. The first-order valence-electron chi connectivity index (χ1n) is 13.3. The standard InChI is InChI=1S/C29H36N8O2/c1-18(2)36-26(38)23-16-31-27(33-25(23)37(36)22-10-12-30-24(15-22)29(3,4)5)32-21-9-8-20-17-35(28(39)34(6)7)13-11-19(20)14-21/h8-10,12,14-16,18H,11,13,17H2,1-7H3,(H,31,32,33). The summed E-state index contributed by atoms with van der Waals surface area (Å²) in [6.07, 6.45) is 4.15. The molecule has 4 aromatic rings. The molecule has 1 aliphatic rings. The van der Waals surface area contributed by atoms with Gasteiger partial charge in [-0.15, -0.1) is 0 Å². The van der Waals surface area contributed by atoms with Gasteiger partial charge in [0.25, 0.3) is 5.56 Å². The Morgan fingerprint density at radius 1 is 1.08 bits per heavy atom. The molecule has 1 aromatic carbocycles. The van der Waals surface area contributed by atoms with Crippen molar-refractivity contribution in [3.8, 4) is 5.69 Å². The van der Waals surface area contributed by atoms with Gasteiger partial charge in [0.2, 0.25) is 5.95 Å². The molecule has 0 radical (unpaired) electrons. The lowest BCUT2D eigenvalue weighted by Gasteiger charge is -2.31. The Hall–Kier alpha value is -4.21. The fourth-order valence-corrected chi connectivity index (χ4v) is 4.94. The summed E-state index contributed by atoms with van der Waals surface area (Å²) in [5, 5.41) is 3.78. The molecule has 5 rings (SSSR count). The van der Waals surface area contributed by atoms with Crippen molar-refractivity contribution < 1.29 is 4.79 Å². The zero-order valence-electron chi connectivity index (χ0n) is 23.7. The third kappa shape index (κ3) is 4.98. The highest BCUT2D eigenvalue weighted by Crippen LogP contribution is 2.27. The Bertz CT molecular complexity index is 1610. The summed E-state index contributed by atoms with van der Waals surface area (Å²) in [5.74, 6) is 0.405. The Kier molecular flexibility index (Phi) is 6.65. The van der Waals surface area contributed by atoms with Crippen LogP contribution < -0.4 is 10.9 Å². The van der Waals surface area contributed by atoms with Gasteiger partial charge in [0, 0.05) is 62.4 Å². The topological polar surface area (TPSA) is 101 Å². The van der Waals surface area contributed by atoms with Crippen LogP contribution in [0, 0.1) is 0 Å². The molecule has 0 saturated carbocycles. The van der Waals surface area contributed by atoms with E-state index in [1.165, 1.54) is 5.56 Å². The van der Waals surface area contributed by atoms with Gasteiger partial charge in [-0.3, -0.25) is 9.78 Å². The summed E-state index contributed by atoms with van der Waals surface area (Å²) in [5.41, 5.74) is 5.19. The van der Waals surface area contributed by atoms with Crippen LogP contribution in [0.5, 0.6) is 0 Å². The van der Waals surface area contributed by atoms with E-state index in [4.69, 9.17) is 4.98 Å². The van der Waals surface area contributed by atoms with Crippen LogP contribution in [-0.4, -0.2) is 60.8 Å². The molecule has 1 N–H and O–H groups in total. The van der Waals surface area contributed by atoms with E-state index in [1.54, 1.807) is 36.1 Å². The van der Waals surface area contributed by atoms with Gasteiger partial charge in [-0.1, -0.05) is 26.8 Å². The summed E-state index contributed by atoms with van der Waals surface area (Å²) in [4.78, 5) is 43.1. The maximum absolute atomic E-state index is 13.4. The second-order valence-corrected chi connectivity index (χ2v) is 11.6. The molecule has 0 aliphatic carbocycles. The number of aromatic nitrogens is 5. The minimum absolute atomic E-state index is 0.0211. The van der Waals surface area contributed by atoms with E-state index in [0.29, 0.717) is 30.1 Å². The monoisotopic (exact) mass is 528 g/mol. The number of anilines is 2. The Morgan fingerprint density at radius 2 is 1.85 bits per heavy atom. The first-order valence-corrected chi connectivity index (χ1v) is 13.3. The molecule has 204 valence electrons. The fraction of sp³-hybridized carbons (Fsp3) is 0.414. The molecule has 0 bridgehead atoms. The number of benzene rings is 1. The quantitative estimate of drug-likeness (QED) is 0.414. The molecule has 3 aromatic heterocycles. The summed E-state index contributed by atoms with van der Waals surface area (Å²) >= 11 is 0. The summed E-state index contributed by atoms with van der Waals surface area (Å²) < 4.78 is 3.58. The number of urea groups is 1. The van der Waals surface area contributed by atoms with Gasteiger partial charge in [0.1, 0.15) is 5.39 Å². The van der Waals surface area contributed by atoms with E-state index in [1.807, 2.05) is 47.7 Å². The van der Waals surface area contributed by atoms with E-state index in [-0.39, 0.29) is 23.0 Å². The van der Waals surface area contributed by atoms with Crippen LogP contribution in [0.25, 0.3) is 16.7 Å². The summed E-state index contributed by atoms with van der Waals surface area (Å²) in [6.45, 7) is 11.6. The number of fused-ring (bicyclic) bond motifs is 2. The highest BCUT2D eigenvalue weighted by Gasteiger charge is 2.24. The first kappa shape index (κ1) is 26.4. The second kappa shape index (κ2) is 9.83. The van der Waals surface area contributed by atoms with E-state index in [0.717, 1.165) is 29.1 Å². The van der Waals surface area contributed by atoms with Crippen LogP contribution in [0.2, 0.25) is 0 Å². The van der Waals surface area contributed by atoms with Gasteiger partial charge in [-0.2, -0.15) is 4.98 Å². The SMILES string of the molecule is CC(C)n1c(=O)c2cnc(Nc3ccc4c(c3)CCN(C(=O)N(C)C)C4)nc2n1-c1ccnc(C(C)(C)C)c1. The minimum atomic E-state index is -0.146. The van der Waals surface area contributed by atoms with E-state index in [2.05, 4.69) is 42.1 Å². The third-order valence-corrected chi connectivity index (χ3v) is 7.00. The van der Waals surface area contributed by atoms with Crippen LogP contribution in [0.4, 0.5) is 16.4 Å². The first-order chi connectivity index (χ1) is 18.4.